The Balaban J connectivity index is 1.56. The number of nitro groups is 1. The molecule has 1 saturated heterocycles. The van der Waals surface area contributed by atoms with Crippen molar-refractivity contribution in [1.29, 1.82) is 0 Å². The summed E-state index contributed by atoms with van der Waals surface area (Å²) in [7, 11) is 1.58. The molecule has 2 aromatic carbocycles. The third kappa shape index (κ3) is 4.40. The molecule has 0 spiro atoms. The maximum Gasteiger partial charge on any atom is 0.269 e. The van der Waals surface area contributed by atoms with E-state index in [9.17, 15) is 14.9 Å². The summed E-state index contributed by atoms with van der Waals surface area (Å²) >= 11 is 0. The standard InChI is InChI=1S/C20H24N4O4/c1-15(20(25)21-18-5-3-4-6-19(18)28-2)22-11-13-23(14-12-22)16-7-9-17(10-8-16)24(26)27/h3-10,15H,11-14H2,1-2H3,(H,21,25). The number of carbonyl (C=O) groups is 1. The molecule has 1 heterocycles. The lowest BCUT2D eigenvalue weighted by molar-refractivity contribution is -0.384. The Kier molecular flexibility index (Phi) is 6.10. The number of anilines is 2. The first-order valence-electron chi connectivity index (χ1n) is 9.17. The Labute approximate surface area is 163 Å². The number of hydrogen-bond acceptors (Lipinski definition) is 6. The molecule has 1 fully saturated rings. The van der Waals surface area contributed by atoms with Crippen LogP contribution < -0.4 is 15.0 Å². The number of ether oxygens (including phenoxy) is 1. The number of rotatable bonds is 6. The molecule has 0 aromatic heterocycles. The molecule has 2 aromatic rings. The average molecular weight is 384 g/mol. The molecule has 0 bridgehead atoms. The van der Waals surface area contributed by atoms with Crippen molar-refractivity contribution < 1.29 is 14.5 Å². The van der Waals surface area contributed by atoms with Crippen LogP contribution in [0.3, 0.4) is 0 Å². The summed E-state index contributed by atoms with van der Waals surface area (Å²) in [5.74, 6) is 0.555. The van der Waals surface area contributed by atoms with Crippen molar-refractivity contribution >= 4 is 23.0 Å². The Bertz CT molecular complexity index is 832. The Morgan fingerprint density at radius 3 is 2.36 bits per heavy atom. The first-order chi connectivity index (χ1) is 13.5. The number of carbonyl (C=O) groups excluding carboxylic acids is 1. The van der Waals surface area contributed by atoms with Crippen LogP contribution in [0.5, 0.6) is 5.75 Å². The van der Waals surface area contributed by atoms with Gasteiger partial charge >= 0.3 is 0 Å². The first-order valence-corrected chi connectivity index (χ1v) is 9.17. The molecule has 8 nitrogen and oxygen atoms in total. The summed E-state index contributed by atoms with van der Waals surface area (Å²) in [6.07, 6.45) is 0. The summed E-state index contributed by atoms with van der Waals surface area (Å²) in [6.45, 7) is 4.87. The fraction of sp³-hybridized carbons (Fsp3) is 0.350. The van der Waals surface area contributed by atoms with E-state index < -0.39 is 4.92 Å². The van der Waals surface area contributed by atoms with E-state index in [1.807, 2.05) is 31.2 Å². The summed E-state index contributed by atoms with van der Waals surface area (Å²) in [5, 5.41) is 13.7. The lowest BCUT2D eigenvalue weighted by Gasteiger charge is -2.38. The van der Waals surface area contributed by atoms with Crippen LogP contribution in [0.15, 0.2) is 48.5 Å². The second-order valence-corrected chi connectivity index (χ2v) is 6.66. The largest absolute Gasteiger partial charge is 0.495 e. The second-order valence-electron chi connectivity index (χ2n) is 6.66. The zero-order valence-corrected chi connectivity index (χ0v) is 16.0. The predicted octanol–water partition coefficient (Wildman–Crippen LogP) is 2.75. The van der Waals surface area contributed by atoms with Crippen molar-refractivity contribution in [1.82, 2.24) is 4.90 Å². The van der Waals surface area contributed by atoms with Gasteiger partial charge in [0.05, 0.1) is 23.8 Å². The fourth-order valence-corrected chi connectivity index (χ4v) is 3.30. The molecule has 8 heteroatoms. The van der Waals surface area contributed by atoms with Gasteiger partial charge in [-0.15, -0.1) is 0 Å². The average Bonchev–Trinajstić information content (AvgIpc) is 2.73. The van der Waals surface area contributed by atoms with Gasteiger partial charge in [-0.3, -0.25) is 19.8 Å². The zero-order chi connectivity index (χ0) is 20.1. The van der Waals surface area contributed by atoms with Crippen LogP contribution >= 0.6 is 0 Å². The lowest BCUT2D eigenvalue weighted by atomic mass is 10.2. The van der Waals surface area contributed by atoms with E-state index in [1.54, 1.807) is 19.2 Å². The van der Waals surface area contributed by atoms with E-state index in [0.29, 0.717) is 11.4 Å². The maximum absolute atomic E-state index is 12.6. The topological polar surface area (TPSA) is 88.0 Å². The van der Waals surface area contributed by atoms with E-state index in [2.05, 4.69) is 15.1 Å². The first kappa shape index (κ1) is 19.6. The molecular weight excluding hydrogens is 360 g/mol. The van der Waals surface area contributed by atoms with E-state index in [0.717, 1.165) is 31.9 Å². The number of para-hydroxylation sites is 2. The number of non-ortho nitro benzene ring substituents is 1. The van der Waals surface area contributed by atoms with Gasteiger partial charge in [-0.1, -0.05) is 12.1 Å². The fourth-order valence-electron chi connectivity index (χ4n) is 3.30. The third-order valence-corrected chi connectivity index (χ3v) is 5.03. The summed E-state index contributed by atoms with van der Waals surface area (Å²) in [4.78, 5) is 27.3. The minimum Gasteiger partial charge on any atom is -0.495 e. The molecule has 28 heavy (non-hydrogen) atoms. The van der Waals surface area contributed by atoms with Crippen molar-refractivity contribution in [3.8, 4) is 5.75 Å². The van der Waals surface area contributed by atoms with Gasteiger partial charge in [0.15, 0.2) is 0 Å². The minimum atomic E-state index is -0.399. The van der Waals surface area contributed by atoms with Gasteiger partial charge in [-0.2, -0.15) is 0 Å². The van der Waals surface area contributed by atoms with Crippen molar-refractivity contribution in [2.24, 2.45) is 0 Å². The van der Waals surface area contributed by atoms with Crippen molar-refractivity contribution in [3.63, 3.8) is 0 Å². The van der Waals surface area contributed by atoms with E-state index in [4.69, 9.17) is 4.74 Å². The molecule has 0 saturated carbocycles. The summed E-state index contributed by atoms with van der Waals surface area (Å²) in [5.41, 5.74) is 1.70. The Hall–Kier alpha value is -3.13. The van der Waals surface area contributed by atoms with Gasteiger partial charge in [0.2, 0.25) is 5.91 Å². The third-order valence-electron chi connectivity index (χ3n) is 5.03. The number of methoxy groups -OCH3 is 1. The lowest BCUT2D eigenvalue weighted by Crippen LogP contribution is -2.52. The summed E-state index contributed by atoms with van der Waals surface area (Å²) in [6, 6.07) is 13.6. The highest BCUT2D eigenvalue weighted by atomic mass is 16.6. The van der Waals surface area contributed by atoms with Gasteiger partial charge < -0.3 is 15.0 Å². The van der Waals surface area contributed by atoms with Crippen LogP contribution in [0.4, 0.5) is 17.1 Å². The van der Waals surface area contributed by atoms with E-state index in [-0.39, 0.29) is 17.6 Å². The molecule has 1 atom stereocenters. The Morgan fingerprint density at radius 1 is 1.11 bits per heavy atom. The molecule has 1 aliphatic heterocycles. The molecule has 1 aliphatic rings. The number of piperazine rings is 1. The number of amides is 1. The van der Waals surface area contributed by atoms with Crippen LogP contribution in [-0.2, 0) is 4.79 Å². The van der Waals surface area contributed by atoms with Crippen LogP contribution in [0.2, 0.25) is 0 Å². The molecule has 148 valence electrons. The van der Waals surface area contributed by atoms with Gasteiger partial charge in [0.1, 0.15) is 5.75 Å². The minimum absolute atomic E-state index is 0.0757. The van der Waals surface area contributed by atoms with Gasteiger partial charge in [0.25, 0.3) is 5.69 Å². The van der Waals surface area contributed by atoms with Gasteiger partial charge in [-0.05, 0) is 31.2 Å². The monoisotopic (exact) mass is 384 g/mol. The highest BCUT2D eigenvalue weighted by Crippen LogP contribution is 2.24. The quantitative estimate of drug-likeness (QED) is 0.609. The molecular formula is C20H24N4O4. The van der Waals surface area contributed by atoms with Crippen LogP contribution in [-0.4, -0.2) is 55.1 Å². The molecule has 1 unspecified atom stereocenters. The normalized spacial score (nSPS) is 15.7. The highest BCUT2D eigenvalue weighted by molar-refractivity contribution is 5.95. The SMILES string of the molecule is COc1ccccc1NC(=O)C(C)N1CCN(c2ccc([N+](=O)[O-])cc2)CC1. The van der Waals surface area contributed by atoms with Crippen molar-refractivity contribution in [2.75, 3.05) is 43.5 Å². The number of nitrogens with one attached hydrogen (secondary N) is 1. The maximum atomic E-state index is 12.6. The predicted molar refractivity (Wildman–Crippen MR) is 108 cm³/mol. The van der Waals surface area contributed by atoms with Gasteiger partial charge in [0, 0.05) is 44.0 Å². The molecule has 1 amide bonds. The zero-order valence-electron chi connectivity index (χ0n) is 16.0. The van der Waals surface area contributed by atoms with E-state index >= 15 is 0 Å². The number of hydrogen-bond donors (Lipinski definition) is 1. The number of benzene rings is 2. The van der Waals surface area contributed by atoms with Crippen LogP contribution in [0.25, 0.3) is 0 Å². The Morgan fingerprint density at radius 2 is 1.75 bits per heavy atom. The van der Waals surface area contributed by atoms with Gasteiger partial charge in [-0.25, -0.2) is 0 Å². The number of nitro benzene ring substituents is 1. The highest BCUT2D eigenvalue weighted by Gasteiger charge is 2.26. The van der Waals surface area contributed by atoms with Crippen LogP contribution in [0.1, 0.15) is 6.92 Å². The van der Waals surface area contributed by atoms with Crippen LogP contribution in [0, 0.1) is 10.1 Å². The van der Waals surface area contributed by atoms with Crippen molar-refractivity contribution in [2.45, 2.75) is 13.0 Å². The van der Waals surface area contributed by atoms with Crippen molar-refractivity contribution in [3.05, 3.63) is 58.6 Å². The second kappa shape index (κ2) is 8.71. The van der Waals surface area contributed by atoms with E-state index in [1.165, 1.54) is 12.1 Å². The smallest absolute Gasteiger partial charge is 0.269 e. The molecule has 3 rings (SSSR count). The summed E-state index contributed by atoms with van der Waals surface area (Å²) < 4.78 is 5.28. The molecule has 1 N–H and O–H groups in total. The molecule has 0 aliphatic carbocycles. The number of nitrogens with zero attached hydrogens (tertiary/aromatic N) is 3. The molecule has 0 radical (unpaired) electrons.